The molecule has 26 heavy (non-hydrogen) atoms. The predicted octanol–water partition coefficient (Wildman–Crippen LogP) is 3.31. The Bertz CT molecular complexity index is 712. The lowest BCUT2D eigenvalue weighted by atomic mass is 10.1. The second-order valence-corrected chi connectivity index (χ2v) is 7.39. The largest absolute Gasteiger partial charge is 0.379 e. The van der Waals surface area contributed by atoms with Crippen LogP contribution in [0.15, 0.2) is 48.5 Å². The number of hydrogen-bond donors (Lipinski definition) is 1. The Kier molecular flexibility index (Phi) is 7.12. The summed E-state index contributed by atoms with van der Waals surface area (Å²) in [5.74, 6) is 0.900. The number of carbonyl (C=O) groups is 1. The molecule has 0 atom stereocenters. The van der Waals surface area contributed by atoms with E-state index in [4.69, 9.17) is 4.74 Å². The number of carbonyl (C=O) groups excluding carboxylic acids is 1. The first-order valence-electron chi connectivity index (χ1n) is 8.98. The van der Waals surface area contributed by atoms with E-state index < -0.39 is 0 Å². The molecule has 1 aliphatic heterocycles. The molecule has 1 amide bonds. The van der Waals surface area contributed by atoms with Crippen LogP contribution in [0.3, 0.4) is 0 Å². The average Bonchev–Trinajstić information content (AvgIpc) is 2.68. The Balaban J connectivity index is 1.51. The molecule has 0 aliphatic carbocycles. The molecule has 1 N–H and O–H groups in total. The van der Waals surface area contributed by atoms with E-state index >= 15 is 0 Å². The smallest absolute Gasteiger partial charge is 0.251 e. The molecule has 3 rings (SSSR count). The number of hydrogen-bond acceptors (Lipinski definition) is 4. The lowest BCUT2D eigenvalue weighted by Crippen LogP contribution is -2.35. The van der Waals surface area contributed by atoms with Gasteiger partial charge in [0.05, 0.1) is 13.2 Å². The average molecular weight is 371 g/mol. The molecule has 1 saturated heterocycles. The molecule has 2 aromatic rings. The van der Waals surface area contributed by atoms with Crippen molar-refractivity contribution in [3.63, 3.8) is 0 Å². The van der Waals surface area contributed by atoms with E-state index in [9.17, 15) is 4.79 Å². The Hall–Kier alpha value is -1.82. The van der Waals surface area contributed by atoms with Crippen LogP contribution in [0.4, 0.5) is 0 Å². The van der Waals surface area contributed by atoms with Gasteiger partial charge in [0, 0.05) is 37.5 Å². The van der Waals surface area contributed by atoms with E-state index in [2.05, 4.69) is 46.8 Å². The van der Waals surface area contributed by atoms with E-state index in [1.807, 2.05) is 18.2 Å². The molecule has 1 heterocycles. The minimum Gasteiger partial charge on any atom is -0.379 e. The third-order valence-electron chi connectivity index (χ3n) is 4.49. The fourth-order valence-electron chi connectivity index (χ4n) is 3.03. The zero-order chi connectivity index (χ0) is 18.2. The number of benzene rings is 2. The first-order chi connectivity index (χ1) is 12.7. The third kappa shape index (κ3) is 5.59. The molecule has 1 aliphatic rings. The molecule has 0 unspecified atom stereocenters. The minimum absolute atomic E-state index is 0.0228. The lowest BCUT2D eigenvalue weighted by Gasteiger charge is -2.26. The molecular formula is C21H26N2O2S. The monoisotopic (exact) mass is 370 g/mol. The number of morpholine rings is 1. The van der Waals surface area contributed by atoms with E-state index in [0.29, 0.717) is 6.54 Å². The van der Waals surface area contributed by atoms with E-state index in [1.54, 1.807) is 11.8 Å². The summed E-state index contributed by atoms with van der Waals surface area (Å²) < 4.78 is 5.39. The highest BCUT2D eigenvalue weighted by atomic mass is 32.2. The second-order valence-electron chi connectivity index (χ2n) is 6.52. The number of nitrogens with zero attached hydrogens (tertiary/aromatic N) is 1. The summed E-state index contributed by atoms with van der Waals surface area (Å²) in [6.45, 7) is 5.13. The molecule has 0 spiro atoms. The maximum absolute atomic E-state index is 12.4. The first-order valence-corrected chi connectivity index (χ1v) is 10.4. The molecule has 138 valence electrons. The van der Waals surface area contributed by atoms with Gasteiger partial charge < -0.3 is 10.1 Å². The Morgan fingerprint density at radius 1 is 1.08 bits per heavy atom. The van der Waals surface area contributed by atoms with Crippen molar-refractivity contribution in [1.29, 1.82) is 0 Å². The molecule has 0 aromatic heterocycles. The van der Waals surface area contributed by atoms with Crippen molar-refractivity contribution < 1.29 is 9.53 Å². The van der Waals surface area contributed by atoms with Gasteiger partial charge in [0.1, 0.15) is 0 Å². The van der Waals surface area contributed by atoms with Crippen molar-refractivity contribution >= 4 is 17.7 Å². The summed E-state index contributed by atoms with van der Waals surface area (Å²) in [5.41, 5.74) is 4.31. The Morgan fingerprint density at radius 2 is 1.81 bits per heavy atom. The van der Waals surface area contributed by atoms with Gasteiger partial charge in [0.25, 0.3) is 5.91 Å². The molecule has 0 saturated carbocycles. The zero-order valence-corrected chi connectivity index (χ0v) is 16.1. The fraction of sp³-hybridized carbons (Fsp3) is 0.381. The topological polar surface area (TPSA) is 41.6 Å². The minimum atomic E-state index is -0.0228. The van der Waals surface area contributed by atoms with Gasteiger partial charge in [-0.15, -0.1) is 0 Å². The highest BCUT2D eigenvalue weighted by Gasteiger charge is 2.10. The molecule has 4 nitrogen and oxygen atoms in total. The molecular weight excluding hydrogens is 344 g/mol. The SMILES string of the molecule is CSCc1cccc(C(=O)NCc2ccc(CN3CCOCC3)cc2)c1. The van der Waals surface area contributed by atoms with Crippen LogP contribution in [0.25, 0.3) is 0 Å². The number of amides is 1. The van der Waals surface area contributed by atoms with Crippen LogP contribution in [0, 0.1) is 0 Å². The van der Waals surface area contributed by atoms with Gasteiger partial charge in [-0.2, -0.15) is 11.8 Å². The van der Waals surface area contributed by atoms with Crippen LogP contribution in [0.5, 0.6) is 0 Å². The van der Waals surface area contributed by atoms with Crippen LogP contribution in [0.1, 0.15) is 27.0 Å². The van der Waals surface area contributed by atoms with Crippen molar-refractivity contribution in [2.45, 2.75) is 18.8 Å². The second kappa shape index (κ2) is 9.76. The van der Waals surface area contributed by atoms with Crippen molar-refractivity contribution in [3.05, 3.63) is 70.8 Å². The Morgan fingerprint density at radius 3 is 2.54 bits per heavy atom. The summed E-state index contributed by atoms with van der Waals surface area (Å²) in [6.07, 6.45) is 2.06. The summed E-state index contributed by atoms with van der Waals surface area (Å²) in [6, 6.07) is 16.3. The maximum atomic E-state index is 12.4. The predicted molar refractivity (Wildman–Crippen MR) is 107 cm³/mol. The van der Waals surface area contributed by atoms with E-state index in [0.717, 1.165) is 49.7 Å². The molecule has 0 bridgehead atoms. The maximum Gasteiger partial charge on any atom is 0.251 e. The summed E-state index contributed by atoms with van der Waals surface area (Å²) in [4.78, 5) is 14.8. The van der Waals surface area contributed by atoms with Gasteiger partial charge in [-0.25, -0.2) is 0 Å². The molecule has 1 fully saturated rings. The van der Waals surface area contributed by atoms with E-state index in [1.165, 1.54) is 11.1 Å². The fourth-order valence-corrected chi connectivity index (χ4v) is 3.55. The number of rotatable bonds is 7. The van der Waals surface area contributed by atoms with Crippen molar-refractivity contribution in [3.8, 4) is 0 Å². The van der Waals surface area contributed by atoms with Gasteiger partial charge in [0.15, 0.2) is 0 Å². The summed E-state index contributed by atoms with van der Waals surface area (Å²) in [5, 5.41) is 3.01. The van der Waals surface area contributed by atoms with Crippen LogP contribution in [-0.2, 0) is 23.6 Å². The van der Waals surface area contributed by atoms with Gasteiger partial charge in [-0.3, -0.25) is 9.69 Å². The summed E-state index contributed by atoms with van der Waals surface area (Å²) >= 11 is 1.76. The van der Waals surface area contributed by atoms with Crippen molar-refractivity contribution in [2.24, 2.45) is 0 Å². The number of thioether (sulfide) groups is 1. The van der Waals surface area contributed by atoms with Gasteiger partial charge in [-0.05, 0) is 35.1 Å². The molecule has 5 heteroatoms. The van der Waals surface area contributed by atoms with Crippen molar-refractivity contribution in [2.75, 3.05) is 32.6 Å². The molecule has 2 aromatic carbocycles. The Labute approximate surface area is 159 Å². The van der Waals surface area contributed by atoms with Crippen molar-refractivity contribution in [1.82, 2.24) is 10.2 Å². The third-order valence-corrected chi connectivity index (χ3v) is 5.11. The number of ether oxygens (including phenoxy) is 1. The van der Waals surface area contributed by atoms with Gasteiger partial charge >= 0.3 is 0 Å². The van der Waals surface area contributed by atoms with Crippen LogP contribution >= 0.6 is 11.8 Å². The summed E-state index contributed by atoms with van der Waals surface area (Å²) in [7, 11) is 0. The normalized spacial score (nSPS) is 15.0. The standard InChI is InChI=1S/C21H26N2O2S/c1-26-16-19-3-2-4-20(13-19)21(24)22-14-17-5-7-18(8-6-17)15-23-9-11-25-12-10-23/h2-8,13H,9-12,14-16H2,1H3,(H,22,24). The van der Waals surface area contributed by atoms with Crippen LogP contribution < -0.4 is 5.32 Å². The van der Waals surface area contributed by atoms with Crippen LogP contribution in [-0.4, -0.2) is 43.4 Å². The molecule has 0 radical (unpaired) electrons. The highest BCUT2D eigenvalue weighted by Crippen LogP contribution is 2.12. The lowest BCUT2D eigenvalue weighted by molar-refractivity contribution is 0.0342. The zero-order valence-electron chi connectivity index (χ0n) is 15.2. The first kappa shape index (κ1) is 19.0. The van der Waals surface area contributed by atoms with Gasteiger partial charge in [0.2, 0.25) is 0 Å². The highest BCUT2D eigenvalue weighted by molar-refractivity contribution is 7.97. The van der Waals surface area contributed by atoms with Gasteiger partial charge in [-0.1, -0.05) is 36.4 Å². The van der Waals surface area contributed by atoms with E-state index in [-0.39, 0.29) is 5.91 Å². The quantitative estimate of drug-likeness (QED) is 0.812. The van der Waals surface area contributed by atoms with Crippen LogP contribution in [0.2, 0.25) is 0 Å². The number of nitrogens with one attached hydrogen (secondary N) is 1.